The smallest absolute Gasteiger partial charge is 0.190 e. The Morgan fingerprint density at radius 2 is 1.96 bits per heavy atom. The first-order chi connectivity index (χ1) is 11.3. The molecule has 0 atom stereocenters. The van der Waals surface area contributed by atoms with E-state index in [1.165, 1.54) is 0 Å². The van der Waals surface area contributed by atoms with Gasteiger partial charge >= 0.3 is 0 Å². The summed E-state index contributed by atoms with van der Waals surface area (Å²) in [5, 5.41) is 6.66. The molecule has 0 saturated carbocycles. The highest BCUT2D eigenvalue weighted by molar-refractivity contribution is 14.0. The number of halogens is 1. The van der Waals surface area contributed by atoms with Gasteiger partial charge in [-0.05, 0) is 31.9 Å². The van der Waals surface area contributed by atoms with Gasteiger partial charge in [0.15, 0.2) is 5.96 Å². The Hall–Kier alpha value is -1.64. The third-order valence-corrected chi connectivity index (χ3v) is 3.67. The van der Waals surface area contributed by atoms with Crippen LogP contribution in [0.1, 0.15) is 24.4 Å². The minimum absolute atomic E-state index is 0. The zero-order chi connectivity index (χ0) is 16.3. The maximum Gasteiger partial charge on any atom is 0.190 e. The molecule has 2 aromatic heterocycles. The highest BCUT2D eigenvalue weighted by Gasteiger charge is 1.99. The van der Waals surface area contributed by atoms with E-state index in [2.05, 4.69) is 30.2 Å². The molecular formula is C17H27IN6. The lowest BCUT2D eigenvalue weighted by atomic mass is 10.3. The Bertz CT molecular complexity index is 596. The Labute approximate surface area is 161 Å². The number of hydrogen-bond donors (Lipinski definition) is 2. The molecular weight excluding hydrogens is 415 g/mol. The molecule has 0 spiro atoms. The molecule has 2 rings (SSSR count). The van der Waals surface area contributed by atoms with E-state index in [1.54, 1.807) is 7.05 Å². The molecule has 7 heteroatoms. The van der Waals surface area contributed by atoms with Crippen LogP contribution in [-0.4, -0.2) is 40.6 Å². The lowest BCUT2D eigenvalue weighted by molar-refractivity contribution is 0.588. The first kappa shape index (κ1) is 20.4. The average molecular weight is 442 g/mol. The number of imidazole rings is 1. The van der Waals surface area contributed by atoms with Crippen molar-refractivity contribution in [2.24, 2.45) is 4.99 Å². The second-order valence-corrected chi connectivity index (χ2v) is 5.37. The van der Waals surface area contributed by atoms with Gasteiger partial charge < -0.3 is 15.2 Å². The van der Waals surface area contributed by atoms with Crippen molar-refractivity contribution >= 4 is 29.9 Å². The van der Waals surface area contributed by atoms with Crippen LogP contribution in [0.15, 0.2) is 41.8 Å². The third kappa shape index (κ3) is 7.29. The van der Waals surface area contributed by atoms with Gasteiger partial charge in [-0.1, -0.05) is 6.07 Å². The van der Waals surface area contributed by atoms with Crippen molar-refractivity contribution in [2.75, 3.05) is 20.1 Å². The van der Waals surface area contributed by atoms with Gasteiger partial charge in [-0.25, -0.2) is 4.98 Å². The number of hydrogen-bond acceptors (Lipinski definition) is 3. The zero-order valence-corrected chi connectivity index (χ0v) is 16.7. The van der Waals surface area contributed by atoms with Crippen LogP contribution in [-0.2, 0) is 13.0 Å². The van der Waals surface area contributed by atoms with Gasteiger partial charge in [-0.15, -0.1) is 24.0 Å². The highest BCUT2D eigenvalue weighted by atomic mass is 127. The number of nitrogens with one attached hydrogen (secondary N) is 2. The topological polar surface area (TPSA) is 67.1 Å². The molecule has 132 valence electrons. The molecule has 0 aliphatic carbocycles. The summed E-state index contributed by atoms with van der Waals surface area (Å²) < 4.78 is 2.18. The van der Waals surface area contributed by atoms with Crippen LogP contribution in [0.3, 0.4) is 0 Å². The van der Waals surface area contributed by atoms with Gasteiger partial charge in [-0.2, -0.15) is 0 Å². The third-order valence-electron chi connectivity index (χ3n) is 3.67. The first-order valence-electron chi connectivity index (χ1n) is 8.12. The van der Waals surface area contributed by atoms with E-state index in [-0.39, 0.29) is 24.0 Å². The Morgan fingerprint density at radius 3 is 2.62 bits per heavy atom. The van der Waals surface area contributed by atoms with Crippen LogP contribution >= 0.6 is 24.0 Å². The van der Waals surface area contributed by atoms with Crippen molar-refractivity contribution in [3.63, 3.8) is 0 Å². The predicted octanol–water partition coefficient (Wildman–Crippen LogP) is 2.39. The molecule has 0 radical (unpaired) electrons. The van der Waals surface area contributed by atoms with Crippen molar-refractivity contribution in [3.8, 4) is 0 Å². The number of unbranched alkanes of at least 4 members (excludes halogenated alkanes) is 1. The molecule has 0 amide bonds. The van der Waals surface area contributed by atoms with Crippen molar-refractivity contribution in [1.29, 1.82) is 0 Å². The standard InChI is InChI=1S/C17H26N6.HI/c1-15-19-12-14-23(15)13-6-5-10-21-17(18-2)22-11-8-16-7-3-4-9-20-16;/h3-4,7,9,12,14H,5-6,8,10-11,13H2,1-2H3,(H2,18,21,22);1H. The monoisotopic (exact) mass is 442 g/mol. The van der Waals surface area contributed by atoms with Crippen LogP contribution in [0.25, 0.3) is 0 Å². The van der Waals surface area contributed by atoms with E-state index >= 15 is 0 Å². The molecule has 0 unspecified atom stereocenters. The molecule has 0 bridgehead atoms. The van der Waals surface area contributed by atoms with E-state index in [9.17, 15) is 0 Å². The molecule has 6 nitrogen and oxygen atoms in total. The normalized spacial score (nSPS) is 11.0. The van der Waals surface area contributed by atoms with Gasteiger partial charge in [0, 0.05) is 57.4 Å². The Kier molecular flexibility index (Phi) is 10.1. The number of pyridine rings is 1. The van der Waals surface area contributed by atoms with Crippen LogP contribution in [0.4, 0.5) is 0 Å². The molecule has 2 heterocycles. The van der Waals surface area contributed by atoms with E-state index < -0.39 is 0 Å². The fourth-order valence-electron chi connectivity index (χ4n) is 2.33. The number of rotatable bonds is 8. The van der Waals surface area contributed by atoms with E-state index in [0.717, 1.165) is 56.4 Å². The number of aromatic nitrogens is 3. The lowest BCUT2D eigenvalue weighted by Gasteiger charge is -2.12. The Balaban J connectivity index is 0.00000288. The molecule has 24 heavy (non-hydrogen) atoms. The molecule has 0 saturated heterocycles. The highest BCUT2D eigenvalue weighted by Crippen LogP contribution is 1.99. The van der Waals surface area contributed by atoms with Crippen LogP contribution in [0.5, 0.6) is 0 Å². The SMILES string of the molecule is CN=C(NCCCCn1ccnc1C)NCCc1ccccn1.I. The summed E-state index contributed by atoms with van der Waals surface area (Å²) in [6, 6.07) is 5.98. The fraction of sp³-hybridized carbons (Fsp3) is 0.471. The summed E-state index contributed by atoms with van der Waals surface area (Å²) >= 11 is 0. The maximum absolute atomic E-state index is 4.31. The van der Waals surface area contributed by atoms with Gasteiger partial charge in [0.25, 0.3) is 0 Å². The number of aliphatic imine (C=N–C) groups is 1. The minimum Gasteiger partial charge on any atom is -0.356 e. The van der Waals surface area contributed by atoms with Gasteiger partial charge in [0.1, 0.15) is 5.82 Å². The molecule has 0 fully saturated rings. The number of nitrogens with zero attached hydrogens (tertiary/aromatic N) is 4. The van der Waals surface area contributed by atoms with Crippen LogP contribution in [0, 0.1) is 6.92 Å². The van der Waals surface area contributed by atoms with Crippen molar-refractivity contribution in [2.45, 2.75) is 32.7 Å². The largest absolute Gasteiger partial charge is 0.356 e. The summed E-state index contributed by atoms with van der Waals surface area (Å²) in [7, 11) is 1.80. The van der Waals surface area contributed by atoms with Gasteiger partial charge in [0.05, 0.1) is 0 Å². The average Bonchev–Trinajstić information content (AvgIpc) is 2.99. The lowest BCUT2D eigenvalue weighted by Crippen LogP contribution is -2.38. The molecule has 0 aliphatic heterocycles. The second kappa shape index (κ2) is 11.8. The second-order valence-electron chi connectivity index (χ2n) is 5.37. The quantitative estimate of drug-likeness (QED) is 0.285. The van der Waals surface area contributed by atoms with Crippen LogP contribution < -0.4 is 10.6 Å². The summed E-state index contributed by atoms with van der Waals surface area (Å²) in [5.41, 5.74) is 1.09. The number of aryl methyl sites for hydroxylation is 2. The molecule has 0 aromatic carbocycles. The van der Waals surface area contributed by atoms with Gasteiger partial charge in [-0.3, -0.25) is 9.98 Å². The van der Waals surface area contributed by atoms with Crippen molar-refractivity contribution in [1.82, 2.24) is 25.2 Å². The predicted molar refractivity (Wildman–Crippen MR) is 109 cm³/mol. The van der Waals surface area contributed by atoms with Crippen LogP contribution in [0.2, 0.25) is 0 Å². The maximum atomic E-state index is 4.31. The fourth-order valence-corrected chi connectivity index (χ4v) is 2.33. The molecule has 2 aromatic rings. The first-order valence-corrected chi connectivity index (χ1v) is 8.12. The molecule has 2 N–H and O–H groups in total. The molecule has 0 aliphatic rings. The Morgan fingerprint density at radius 1 is 1.12 bits per heavy atom. The number of guanidine groups is 1. The van der Waals surface area contributed by atoms with E-state index in [4.69, 9.17) is 0 Å². The minimum atomic E-state index is 0. The van der Waals surface area contributed by atoms with Gasteiger partial charge in [0.2, 0.25) is 0 Å². The van der Waals surface area contributed by atoms with E-state index in [0.29, 0.717) is 0 Å². The summed E-state index contributed by atoms with van der Waals surface area (Å²) in [5.74, 6) is 1.92. The summed E-state index contributed by atoms with van der Waals surface area (Å²) in [4.78, 5) is 12.8. The van der Waals surface area contributed by atoms with Crippen molar-refractivity contribution < 1.29 is 0 Å². The van der Waals surface area contributed by atoms with E-state index in [1.807, 2.05) is 43.7 Å². The van der Waals surface area contributed by atoms with Crippen molar-refractivity contribution in [3.05, 3.63) is 48.3 Å². The zero-order valence-electron chi connectivity index (χ0n) is 14.4. The summed E-state index contributed by atoms with van der Waals surface area (Å²) in [6.07, 6.45) is 8.81. The summed E-state index contributed by atoms with van der Waals surface area (Å²) in [6.45, 7) is 4.78.